The molecule has 1 rings (SSSR count). The van der Waals surface area contributed by atoms with E-state index in [9.17, 15) is 0 Å². The van der Waals surface area contributed by atoms with Gasteiger partial charge in [-0.2, -0.15) is 0 Å². The third-order valence-electron chi connectivity index (χ3n) is 0.487. The van der Waals surface area contributed by atoms with E-state index in [1.165, 1.54) is 6.40 Å². The molecular formula is C3H6ClNO. The summed E-state index contributed by atoms with van der Waals surface area (Å²) in [6, 6.07) is 0. The fourth-order valence-corrected chi connectivity index (χ4v) is 0.264. The topological polar surface area (TPSA) is 21.6 Å². The van der Waals surface area contributed by atoms with Crippen molar-refractivity contribution in [1.29, 1.82) is 0 Å². The van der Waals surface area contributed by atoms with Crippen LogP contribution in [0.1, 0.15) is 0 Å². The summed E-state index contributed by atoms with van der Waals surface area (Å²) < 4.78 is 4.65. The molecule has 6 heavy (non-hydrogen) atoms. The monoisotopic (exact) mass is 107 g/mol. The van der Waals surface area contributed by atoms with E-state index in [1.54, 1.807) is 0 Å². The molecular weight excluding hydrogens is 101 g/mol. The Morgan fingerprint density at radius 1 is 1.67 bits per heavy atom. The lowest BCUT2D eigenvalue weighted by Gasteiger charge is -1.76. The Morgan fingerprint density at radius 3 is 2.67 bits per heavy atom. The van der Waals surface area contributed by atoms with Gasteiger partial charge in [-0.1, -0.05) is 0 Å². The number of rotatable bonds is 0. The molecule has 0 bridgehead atoms. The molecule has 0 unspecified atom stereocenters. The van der Waals surface area contributed by atoms with E-state index in [1.807, 2.05) is 0 Å². The second-order valence-electron chi connectivity index (χ2n) is 0.882. The van der Waals surface area contributed by atoms with E-state index in [0.29, 0.717) is 0 Å². The molecule has 0 aliphatic carbocycles. The van der Waals surface area contributed by atoms with Gasteiger partial charge in [0.25, 0.3) is 0 Å². The van der Waals surface area contributed by atoms with Crippen LogP contribution < -0.4 is 0 Å². The summed E-state index contributed by atoms with van der Waals surface area (Å²) in [5.74, 6) is 0. The highest BCUT2D eigenvalue weighted by atomic mass is 35.5. The Balaban J connectivity index is 0.000000250. The third kappa shape index (κ3) is 1.26. The fraction of sp³-hybridized carbons (Fsp3) is 0.667. The van der Waals surface area contributed by atoms with Gasteiger partial charge < -0.3 is 4.74 Å². The number of halogens is 1. The Kier molecular flexibility index (Phi) is 2.85. The first-order chi connectivity index (χ1) is 2.50. The minimum Gasteiger partial charge on any atom is -0.482 e. The minimum absolute atomic E-state index is 0. The molecule has 0 spiro atoms. The lowest BCUT2D eigenvalue weighted by Crippen LogP contribution is -1.80. The molecule has 0 atom stereocenters. The average Bonchev–Trinajstić information content (AvgIpc) is 1.76. The molecule has 0 aromatic heterocycles. The molecule has 2 nitrogen and oxygen atoms in total. The predicted molar refractivity (Wildman–Crippen MR) is 26.6 cm³/mol. The zero-order chi connectivity index (χ0) is 3.54. The first-order valence-electron chi connectivity index (χ1n) is 1.60. The van der Waals surface area contributed by atoms with E-state index in [0.717, 1.165) is 13.2 Å². The van der Waals surface area contributed by atoms with Crippen LogP contribution in [0.3, 0.4) is 0 Å². The first-order valence-corrected chi connectivity index (χ1v) is 1.60. The molecule has 1 aliphatic rings. The van der Waals surface area contributed by atoms with Crippen molar-refractivity contribution >= 4 is 18.8 Å². The van der Waals surface area contributed by atoms with Crippen molar-refractivity contribution in [1.82, 2.24) is 0 Å². The van der Waals surface area contributed by atoms with Crippen molar-refractivity contribution in [2.45, 2.75) is 0 Å². The molecule has 0 fully saturated rings. The van der Waals surface area contributed by atoms with Gasteiger partial charge >= 0.3 is 0 Å². The highest BCUT2D eigenvalue weighted by Gasteiger charge is 1.84. The second kappa shape index (κ2) is 2.97. The van der Waals surface area contributed by atoms with Crippen molar-refractivity contribution in [2.24, 2.45) is 4.99 Å². The number of hydrogen-bond donors (Lipinski definition) is 0. The normalized spacial score (nSPS) is 16.0. The van der Waals surface area contributed by atoms with Crippen molar-refractivity contribution < 1.29 is 4.74 Å². The summed E-state index contributed by atoms with van der Waals surface area (Å²) in [6.07, 6.45) is 1.49. The van der Waals surface area contributed by atoms with Gasteiger partial charge in [-0.15, -0.1) is 12.4 Å². The van der Waals surface area contributed by atoms with Crippen LogP contribution in [0.5, 0.6) is 0 Å². The van der Waals surface area contributed by atoms with Crippen molar-refractivity contribution in [3.05, 3.63) is 0 Å². The quantitative estimate of drug-likeness (QED) is 0.441. The third-order valence-corrected chi connectivity index (χ3v) is 0.487. The van der Waals surface area contributed by atoms with Crippen LogP contribution in [0.15, 0.2) is 4.99 Å². The summed E-state index contributed by atoms with van der Waals surface area (Å²) in [5.41, 5.74) is 0. The average molecular weight is 108 g/mol. The van der Waals surface area contributed by atoms with Crippen molar-refractivity contribution in [2.75, 3.05) is 13.2 Å². The SMILES string of the molecule is C1=NCCO1.Cl. The minimum atomic E-state index is 0. The molecule has 36 valence electrons. The lowest BCUT2D eigenvalue weighted by molar-refractivity contribution is 0.361. The fourth-order valence-electron chi connectivity index (χ4n) is 0.264. The van der Waals surface area contributed by atoms with Crippen LogP contribution in [0.2, 0.25) is 0 Å². The molecule has 0 radical (unpaired) electrons. The van der Waals surface area contributed by atoms with Crippen LogP contribution in [-0.2, 0) is 4.74 Å². The zero-order valence-electron chi connectivity index (χ0n) is 3.26. The maximum absolute atomic E-state index is 4.65. The summed E-state index contributed by atoms with van der Waals surface area (Å²) in [7, 11) is 0. The van der Waals surface area contributed by atoms with E-state index in [-0.39, 0.29) is 12.4 Å². The van der Waals surface area contributed by atoms with E-state index >= 15 is 0 Å². The van der Waals surface area contributed by atoms with Crippen LogP contribution in [0.25, 0.3) is 0 Å². The molecule has 0 saturated carbocycles. The molecule has 0 aromatic rings. The van der Waals surface area contributed by atoms with Crippen LogP contribution in [-0.4, -0.2) is 19.6 Å². The summed E-state index contributed by atoms with van der Waals surface area (Å²) >= 11 is 0. The number of aliphatic imine (C=N–C) groups is 1. The highest BCUT2D eigenvalue weighted by molar-refractivity contribution is 5.85. The molecule has 0 amide bonds. The van der Waals surface area contributed by atoms with E-state index in [2.05, 4.69) is 9.73 Å². The molecule has 0 aromatic carbocycles. The van der Waals surface area contributed by atoms with Crippen molar-refractivity contribution in [3.63, 3.8) is 0 Å². The van der Waals surface area contributed by atoms with Gasteiger partial charge in [0.05, 0.1) is 6.54 Å². The van der Waals surface area contributed by atoms with Gasteiger partial charge in [0.1, 0.15) is 6.61 Å². The maximum Gasteiger partial charge on any atom is 0.169 e. The summed E-state index contributed by atoms with van der Waals surface area (Å²) in [6.45, 7) is 1.62. The van der Waals surface area contributed by atoms with E-state index < -0.39 is 0 Å². The highest BCUT2D eigenvalue weighted by Crippen LogP contribution is 1.78. The van der Waals surface area contributed by atoms with E-state index in [4.69, 9.17) is 0 Å². The van der Waals surface area contributed by atoms with Gasteiger partial charge in [-0.05, 0) is 0 Å². The Bertz CT molecular complexity index is 48.8. The summed E-state index contributed by atoms with van der Waals surface area (Å²) in [4.78, 5) is 3.74. The van der Waals surface area contributed by atoms with Crippen LogP contribution in [0.4, 0.5) is 0 Å². The first kappa shape index (κ1) is 5.76. The lowest BCUT2D eigenvalue weighted by atomic mass is 10.8. The Morgan fingerprint density at radius 2 is 2.50 bits per heavy atom. The van der Waals surface area contributed by atoms with Gasteiger partial charge in [0.15, 0.2) is 6.40 Å². The molecule has 3 heteroatoms. The smallest absolute Gasteiger partial charge is 0.169 e. The Hall–Kier alpha value is -0.240. The Labute approximate surface area is 42.6 Å². The second-order valence-corrected chi connectivity index (χ2v) is 0.882. The largest absolute Gasteiger partial charge is 0.482 e. The van der Waals surface area contributed by atoms with Crippen molar-refractivity contribution in [3.8, 4) is 0 Å². The predicted octanol–water partition coefficient (Wildman–Crippen LogP) is 0.467. The molecule has 1 heterocycles. The number of hydrogen-bond acceptors (Lipinski definition) is 2. The number of nitrogens with zero attached hydrogens (tertiary/aromatic N) is 1. The zero-order valence-corrected chi connectivity index (χ0v) is 4.07. The van der Waals surface area contributed by atoms with Crippen LogP contribution in [0, 0.1) is 0 Å². The van der Waals surface area contributed by atoms with Gasteiger partial charge in [0, 0.05) is 0 Å². The van der Waals surface area contributed by atoms with Gasteiger partial charge in [-0.25, -0.2) is 0 Å². The van der Waals surface area contributed by atoms with Gasteiger partial charge in [-0.3, -0.25) is 4.99 Å². The summed E-state index contributed by atoms with van der Waals surface area (Å²) in [5, 5.41) is 0. The number of ether oxygens (including phenoxy) is 1. The molecule has 0 N–H and O–H groups in total. The maximum atomic E-state index is 4.65. The van der Waals surface area contributed by atoms with Crippen LogP contribution >= 0.6 is 12.4 Å². The molecule has 0 saturated heterocycles. The van der Waals surface area contributed by atoms with Gasteiger partial charge in [0.2, 0.25) is 0 Å². The molecule has 1 aliphatic heterocycles. The standard InChI is InChI=1S/C3H5NO.ClH/c1-2-5-3-4-1;/h3H,1-2H2;1H.